The Bertz CT molecular complexity index is 1290. The number of ether oxygens (including phenoxy) is 2. The van der Waals surface area contributed by atoms with Crippen molar-refractivity contribution in [1.29, 1.82) is 0 Å². The minimum Gasteiger partial charge on any atom is -0.497 e. The number of amides is 1. The molecule has 0 radical (unpaired) electrons. The fraction of sp³-hybridized carbons (Fsp3) is 0.200. The quantitative estimate of drug-likeness (QED) is 0.443. The molecule has 0 bridgehead atoms. The molecule has 8 nitrogen and oxygen atoms in total. The summed E-state index contributed by atoms with van der Waals surface area (Å²) in [5.74, 6) is -0.704. The summed E-state index contributed by atoms with van der Waals surface area (Å²) in [5.41, 5.74) is 2.93. The SMILES string of the molecule is CCc1cccc(C)c1NC(=O)COC(=O)c1cccc(S(=O)(=O)Nc2ccc(OC)cc2)c1. The van der Waals surface area contributed by atoms with Gasteiger partial charge >= 0.3 is 5.97 Å². The monoisotopic (exact) mass is 482 g/mol. The van der Waals surface area contributed by atoms with Crippen LogP contribution in [-0.4, -0.2) is 34.0 Å². The van der Waals surface area contributed by atoms with E-state index in [-0.39, 0.29) is 10.5 Å². The zero-order chi connectivity index (χ0) is 24.7. The Hall–Kier alpha value is -3.85. The molecular formula is C25H26N2O6S. The lowest BCUT2D eigenvalue weighted by Gasteiger charge is -2.13. The number of sulfonamides is 1. The molecular weight excluding hydrogens is 456 g/mol. The number of para-hydroxylation sites is 1. The second-order valence-corrected chi connectivity index (χ2v) is 9.13. The minimum absolute atomic E-state index is 0.00976. The molecule has 0 heterocycles. The molecule has 0 saturated carbocycles. The van der Waals surface area contributed by atoms with Crippen molar-refractivity contribution in [1.82, 2.24) is 0 Å². The van der Waals surface area contributed by atoms with Crippen molar-refractivity contribution < 1.29 is 27.5 Å². The molecule has 0 aliphatic rings. The summed E-state index contributed by atoms with van der Waals surface area (Å²) < 4.78 is 38.1. The van der Waals surface area contributed by atoms with Crippen LogP contribution in [0, 0.1) is 6.92 Å². The average molecular weight is 483 g/mol. The van der Waals surface area contributed by atoms with Gasteiger partial charge in [-0.15, -0.1) is 0 Å². The van der Waals surface area contributed by atoms with Gasteiger partial charge in [-0.25, -0.2) is 13.2 Å². The van der Waals surface area contributed by atoms with Crippen LogP contribution in [0.1, 0.15) is 28.4 Å². The van der Waals surface area contributed by atoms with Crippen LogP contribution in [0.25, 0.3) is 0 Å². The Morgan fingerprint density at radius 2 is 1.68 bits per heavy atom. The molecule has 0 aliphatic carbocycles. The molecule has 9 heteroatoms. The minimum atomic E-state index is -3.95. The molecule has 0 atom stereocenters. The first kappa shape index (κ1) is 24.8. The number of nitrogens with one attached hydrogen (secondary N) is 2. The standard InChI is InChI=1S/C25H26N2O6S/c1-4-18-8-5-7-17(2)24(18)26-23(28)16-33-25(29)19-9-6-10-22(15-19)34(30,31)27-20-11-13-21(32-3)14-12-20/h5-15,27H,4,16H2,1-3H3,(H,26,28). The van der Waals surface area contributed by atoms with Crippen molar-refractivity contribution in [2.45, 2.75) is 25.2 Å². The summed E-state index contributed by atoms with van der Waals surface area (Å²) in [4.78, 5) is 24.7. The number of carbonyl (C=O) groups excluding carboxylic acids is 2. The number of aryl methyl sites for hydroxylation is 2. The predicted octanol–water partition coefficient (Wildman–Crippen LogP) is 4.16. The van der Waals surface area contributed by atoms with E-state index in [0.717, 1.165) is 17.5 Å². The maximum absolute atomic E-state index is 12.7. The van der Waals surface area contributed by atoms with Crippen molar-refractivity contribution in [3.63, 3.8) is 0 Å². The summed E-state index contributed by atoms with van der Waals surface area (Å²) in [7, 11) is -2.44. The Balaban J connectivity index is 1.65. The van der Waals surface area contributed by atoms with Gasteiger partial charge in [-0.1, -0.05) is 31.2 Å². The highest BCUT2D eigenvalue weighted by molar-refractivity contribution is 7.92. The normalized spacial score (nSPS) is 10.9. The molecule has 34 heavy (non-hydrogen) atoms. The smallest absolute Gasteiger partial charge is 0.338 e. The molecule has 0 unspecified atom stereocenters. The molecule has 1 amide bonds. The molecule has 2 N–H and O–H groups in total. The van der Waals surface area contributed by atoms with Crippen molar-refractivity contribution in [3.8, 4) is 5.75 Å². The number of carbonyl (C=O) groups is 2. The summed E-state index contributed by atoms with van der Waals surface area (Å²) in [5, 5.41) is 2.78. The Kier molecular flexibility index (Phi) is 7.91. The molecule has 0 spiro atoms. The van der Waals surface area contributed by atoms with Gasteiger partial charge in [-0.05, 0) is 66.9 Å². The van der Waals surface area contributed by atoms with Crippen LogP contribution in [0.3, 0.4) is 0 Å². The van der Waals surface area contributed by atoms with Crippen LogP contribution in [-0.2, 0) is 26.0 Å². The second-order valence-electron chi connectivity index (χ2n) is 7.45. The summed E-state index contributed by atoms with van der Waals surface area (Å²) in [6.45, 7) is 3.36. The van der Waals surface area contributed by atoms with Crippen LogP contribution < -0.4 is 14.8 Å². The average Bonchev–Trinajstić information content (AvgIpc) is 2.84. The first-order chi connectivity index (χ1) is 16.2. The molecule has 0 aromatic heterocycles. The van der Waals surface area contributed by atoms with Gasteiger partial charge in [0.2, 0.25) is 0 Å². The maximum atomic E-state index is 12.7. The molecule has 178 valence electrons. The summed E-state index contributed by atoms with van der Waals surface area (Å²) in [6, 6.07) is 17.5. The largest absolute Gasteiger partial charge is 0.497 e. The highest BCUT2D eigenvalue weighted by Crippen LogP contribution is 2.22. The van der Waals surface area contributed by atoms with Crippen molar-refractivity contribution in [2.24, 2.45) is 0 Å². The van der Waals surface area contributed by atoms with E-state index in [2.05, 4.69) is 10.0 Å². The van der Waals surface area contributed by atoms with E-state index in [1.54, 1.807) is 24.3 Å². The number of rotatable bonds is 9. The number of esters is 1. The predicted molar refractivity (Wildman–Crippen MR) is 130 cm³/mol. The molecule has 0 aliphatic heterocycles. The molecule has 3 aromatic carbocycles. The van der Waals surface area contributed by atoms with E-state index >= 15 is 0 Å². The van der Waals surface area contributed by atoms with E-state index in [1.165, 1.54) is 31.4 Å². The number of hydrogen-bond donors (Lipinski definition) is 2. The first-order valence-electron chi connectivity index (χ1n) is 10.6. The number of hydrogen-bond acceptors (Lipinski definition) is 6. The Labute approximate surface area is 199 Å². The molecule has 0 fully saturated rings. The van der Waals surface area contributed by atoms with Gasteiger partial charge in [-0.3, -0.25) is 9.52 Å². The Morgan fingerprint density at radius 1 is 0.971 bits per heavy atom. The first-order valence-corrected chi connectivity index (χ1v) is 12.0. The van der Waals surface area contributed by atoms with Crippen LogP contribution in [0.15, 0.2) is 71.6 Å². The fourth-order valence-electron chi connectivity index (χ4n) is 3.26. The fourth-order valence-corrected chi connectivity index (χ4v) is 4.36. The van der Waals surface area contributed by atoms with E-state index < -0.39 is 28.5 Å². The van der Waals surface area contributed by atoms with Gasteiger partial charge in [0.05, 0.1) is 17.6 Å². The van der Waals surface area contributed by atoms with Crippen LogP contribution >= 0.6 is 0 Å². The topological polar surface area (TPSA) is 111 Å². The van der Waals surface area contributed by atoms with Gasteiger partial charge in [0.15, 0.2) is 6.61 Å². The van der Waals surface area contributed by atoms with E-state index in [0.29, 0.717) is 17.1 Å². The lowest BCUT2D eigenvalue weighted by Crippen LogP contribution is -2.22. The number of methoxy groups -OCH3 is 1. The summed E-state index contributed by atoms with van der Waals surface area (Å²) in [6.07, 6.45) is 0.739. The lowest BCUT2D eigenvalue weighted by atomic mass is 10.1. The van der Waals surface area contributed by atoms with Crippen LogP contribution in [0.5, 0.6) is 5.75 Å². The van der Waals surface area contributed by atoms with Crippen molar-refractivity contribution in [3.05, 3.63) is 83.4 Å². The van der Waals surface area contributed by atoms with E-state index in [4.69, 9.17) is 9.47 Å². The third-order valence-corrected chi connectivity index (χ3v) is 6.44. The van der Waals surface area contributed by atoms with Crippen LogP contribution in [0.4, 0.5) is 11.4 Å². The zero-order valence-electron chi connectivity index (χ0n) is 19.1. The molecule has 3 rings (SSSR count). The lowest BCUT2D eigenvalue weighted by molar-refractivity contribution is -0.119. The van der Waals surface area contributed by atoms with Gasteiger partial charge in [0.1, 0.15) is 5.75 Å². The van der Waals surface area contributed by atoms with Gasteiger partial charge in [-0.2, -0.15) is 0 Å². The van der Waals surface area contributed by atoms with E-state index in [9.17, 15) is 18.0 Å². The van der Waals surface area contributed by atoms with Gasteiger partial charge in [0, 0.05) is 11.4 Å². The maximum Gasteiger partial charge on any atom is 0.338 e. The number of benzene rings is 3. The van der Waals surface area contributed by atoms with Crippen LogP contribution in [0.2, 0.25) is 0 Å². The van der Waals surface area contributed by atoms with Crippen molar-refractivity contribution >= 4 is 33.3 Å². The Morgan fingerprint density at radius 3 is 2.35 bits per heavy atom. The second kappa shape index (κ2) is 10.8. The summed E-state index contributed by atoms with van der Waals surface area (Å²) >= 11 is 0. The molecule has 0 saturated heterocycles. The van der Waals surface area contributed by atoms with Crippen molar-refractivity contribution in [2.75, 3.05) is 23.8 Å². The number of anilines is 2. The third kappa shape index (κ3) is 6.14. The van der Waals surface area contributed by atoms with E-state index in [1.807, 2.05) is 32.0 Å². The van der Waals surface area contributed by atoms with Gasteiger partial charge < -0.3 is 14.8 Å². The van der Waals surface area contributed by atoms with Gasteiger partial charge in [0.25, 0.3) is 15.9 Å². The third-order valence-electron chi connectivity index (χ3n) is 5.06. The zero-order valence-corrected chi connectivity index (χ0v) is 19.9. The molecule has 3 aromatic rings. The highest BCUT2D eigenvalue weighted by atomic mass is 32.2. The highest BCUT2D eigenvalue weighted by Gasteiger charge is 2.18.